The molecule has 0 aliphatic rings. The molecule has 140 valence electrons. The molecule has 0 N–H and O–H groups in total. The van der Waals surface area contributed by atoms with Crippen molar-refractivity contribution >= 4 is 7.82 Å². The molecular formula is C17H38NO4P. The van der Waals surface area contributed by atoms with E-state index >= 15 is 0 Å². The molecule has 0 aromatic heterocycles. The number of phosphoric ester groups is 1. The van der Waals surface area contributed by atoms with E-state index < -0.39 is 7.82 Å². The van der Waals surface area contributed by atoms with Crippen LogP contribution >= 0.6 is 7.82 Å². The van der Waals surface area contributed by atoms with Gasteiger partial charge in [-0.2, -0.15) is 0 Å². The average molecular weight is 351 g/mol. The zero-order chi connectivity index (χ0) is 17.6. The molecule has 0 spiro atoms. The predicted octanol–water partition coefficient (Wildman–Crippen LogP) is 4.12. The molecule has 0 radical (unpaired) electrons. The Bertz CT molecular complexity index is 318. The van der Waals surface area contributed by atoms with Gasteiger partial charge in [-0.15, -0.1) is 0 Å². The van der Waals surface area contributed by atoms with E-state index in [0.29, 0.717) is 11.0 Å². The normalized spacial score (nSPS) is 14.8. The Labute approximate surface area is 143 Å². The highest BCUT2D eigenvalue weighted by Crippen LogP contribution is 2.38. The fourth-order valence-corrected chi connectivity index (χ4v) is 2.96. The first-order valence-corrected chi connectivity index (χ1v) is 10.6. The Morgan fingerprint density at radius 2 is 1.22 bits per heavy atom. The van der Waals surface area contributed by atoms with Crippen LogP contribution in [-0.2, 0) is 13.6 Å². The Morgan fingerprint density at radius 3 is 1.70 bits per heavy atom. The Balaban J connectivity index is 3.40. The molecule has 0 fully saturated rings. The number of phosphoric acid groups is 1. The highest BCUT2D eigenvalue weighted by molar-refractivity contribution is 7.45. The first kappa shape index (κ1) is 23.1. The number of unbranched alkanes of at least 4 members (excludes halogenated alkanes) is 9. The third-order valence-electron chi connectivity index (χ3n) is 3.76. The van der Waals surface area contributed by atoms with Crippen LogP contribution in [-0.4, -0.2) is 45.4 Å². The molecule has 0 heterocycles. The number of nitrogens with zero attached hydrogens (tertiary/aromatic N) is 1. The van der Waals surface area contributed by atoms with Crippen molar-refractivity contribution in [3.8, 4) is 0 Å². The van der Waals surface area contributed by atoms with E-state index in [1.807, 2.05) is 21.1 Å². The minimum atomic E-state index is -4.12. The molecule has 1 unspecified atom stereocenters. The van der Waals surface area contributed by atoms with Gasteiger partial charge in [0.05, 0.1) is 27.7 Å². The molecule has 0 aromatic carbocycles. The second-order valence-electron chi connectivity index (χ2n) is 7.31. The summed E-state index contributed by atoms with van der Waals surface area (Å²) in [6.07, 6.45) is 12.2. The maximum atomic E-state index is 11.6. The fourth-order valence-electron chi connectivity index (χ4n) is 2.23. The summed E-state index contributed by atoms with van der Waals surface area (Å²) in [5.41, 5.74) is 0. The van der Waals surface area contributed by atoms with Gasteiger partial charge in [-0.25, -0.2) is 0 Å². The molecule has 6 heteroatoms. The van der Waals surface area contributed by atoms with Gasteiger partial charge in [0, 0.05) is 0 Å². The summed E-state index contributed by atoms with van der Waals surface area (Å²) in [4.78, 5) is 11.6. The van der Waals surface area contributed by atoms with E-state index in [0.717, 1.165) is 19.3 Å². The van der Waals surface area contributed by atoms with Crippen LogP contribution in [0.4, 0.5) is 0 Å². The quantitative estimate of drug-likeness (QED) is 0.238. The van der Waals surface area contributed by atoms with Crippen molar-refractivity contribution in [2.75, 3.05) is 40.9 Å². The molecule has 23 heavy (non-hydrogen) atoms. The minimum Gasteiger partial charge on any atom is -0.756 e. The number of hydrogen-bond donors (Lipinski definition) is 0. The number of quaternary nitrogens is 1. The smallest absolute Gasteiger partial charge is 0.268 e. The maximum absolute atomic E-state index is 11.6. The Morgan fingerprint density at radius 1 is 0.783 bits per heavy atom. The van der Waals surface area contributed by atoms with Crippen LogP contribution in [0.5, 0.6) is 0 Å². The average Bonchev–Trinajstić information content (AvgIpc) is 2.43. The summed E-state index contributed by atoms with van der Waals surface area (Å²) >= 11 is 0. The van der Waals surface area contributed by atoms with Crippen LogP contribution in [0, 0.1) is 0 Å². The number of likely N-dealkylation sites (N-methyl/N-ethyl adjacent to an activating group) is 1. The lowest BCUT2D eigenvalue weighted by Gasteiger charge is -2.27. The lowest BCUT2D eigenvalue weighted by atomic mass is 10.1. The second-order valence-corrected chi connectivity index (χ2v) is 8.72. The SMILES string of the molecule is CCCCCCCCCCCCOP(=O)([O-])OCC[N+](C)(C)C. The van der Waals surface area contributed by atoms with Crippen LogP contribution in [0.3, 0.4) is 0 Å². The molecule has 5 nitrogen and oxygen atoms in total. The first-order chi connectivity index (χ1) is 10.8. The summed E-state index contributed by atoms with van der Waals surface area (Å²) in [7, 11) is 1.85. The van der Waals surface area contributed by atoms with E-state index in [2.05, 4.69) is 6.92 Å². The van der Waals surface area contributed by atoms with E-state index in [4.69, 9.17) is 9.05 Å². The second kappa shape index (κ2) is 13.4. The summed E-state index contributed by atoms with van der Waals surface area (Å²) < 4.78 is 22.0. The summed E-state index contributed by atoms with van der Waals surface area (Å²) in [5.74, 6) is 0. The zero-order valence-electron chi connectivity index (χ0n) is 15.7. The lowest BCUT2D eigenvalue weighted by molar-refractivity contribution is -0.870. The number of hydrogen-bond acceptors (Lipinski definition) is 4. The van der Waals surface area contributed by atoms with Crippen molar-refractivity contribution in [2.45, 2.75) is 71.1 Å². The van der Waals surface area contributed by atoms with Gasteiger partial charge >= 0.3 is 0 Å². The van der Waals surface area contributed by atoms with Crippen molar-refractivity contribution in [3.05, 3.63) is 0 Å². The zero-order valence-corrected chi connectivity index (χ0v) is 16.6. The van der Waals surface area contributed by atoms with Crippen molar-refractivity contribution in [2.24, 2.45) is 0 Å². The summed E-state index contributed by atoms with van der Waals surface area (Å²) in [6.45, 7) is 3.27. The topological polar surface area (TPSA) is 58.6 Å². The van der Waals surface area contributed by atoms with Crippen LogP contribution in [0.1, 0.15) is 71.1 Å². The molecule has 0 aromatic rings. The Hall–Kier alpha value is 0.0700. The fraction of sp³-hybridized carbons (Fsp3) is 1.00. The van der Waals surface area contributed by atoms with Gasteiger partial charge in [-0.1, -0.05) is 64.7 Å². The monoisotopic (exact) mass is 351 g/mol. The van der Waals surface area contributed by atoms with Crippen molar-refractivity contribution in [1.82, 2.24) is 0 Å². The van der Waals surface area contributed by atoms with Gasteiger partial charge in [0.1, 0.15) is 13.2 Å². The van der Waals surface area contributed by atoms with Gasteiger partial charge < -0.3 is 18.4 Å². The van der Waals surface area contributed by atoms with E-state index in [1.54, 1.807) is 0 Å². The lowest BCUT2D eigenvalue weighted by Crippen LogP contribution is -2.37. The molecule has 0 bridgehead atoms. The van der Waals surface area contributed by atoms with Crippen LogP contribution in [0.2, 0.25) is 0 Å². The highest BCUT2D eigenvalue weighted by Gasteiger charge is 2.12. The molecule has 0 rings (SSSR count). The minimum absolute atomic E-state index is 0.169. The highest BCUT2D eigenvalue weighted by atomic mass is 31.2. The summed E-state index contributed by atoms with van der Waals surface area (Å²) in [6, 6.07) is 0. The molecule has 0 aliphatic heterocycles. The van der Waals surface area contributed by atoms with Crippen molar-refractivity contribution in [3.63, 3.8) is 0 Å². The molecule has 0 saturated heterocycles. The Kier molecular flexibility index (Phi) is 13.4. The third-order valence-corrected chi connectivity index (χ3v) is 4.76. The van der Waals surface area contributed by atoms with E-state index in [-0.39, 0.29) is 13.2 Å². The van der Waals surface area contributed by atoms with E-state index in [1.165, 1.54) is 44.9 Å². The van der Waals surface area contributed by atoms with Gasteiger partial charge in [0.25, 0.3) is 7.82 Å². The van der Waals surface area contributed by atoms with Crippen LogP contribution in [0.15, 0.2) is 0 Å². The van der Waals surface area contributed by atoms with Crippen molar-refractivity contribution < 1.29 is 23.0 Å². The maximum Gasteiger partial charge on any atom is 0.268 e. The van der Waals surface area contributed by atoms with E-state index in [9.17, 15) is 9.46 Å². The molecule has 1 atom stereocenters. The standard InChI is InChI=1S/C17H38NO4P/c1-5-6-7-8-9-10-11-12-13-14-16-21-23(19,20)22-17-15-18(2,3)4/h5-17H2,1-4H3. The van der Waals surface area contributed by atoms with Crippen LogP contribution < -0.4 is 4.89 Å². The van der Waals surface area contributed by atoms with Gasteiger partial charge in [-0.3, -0.25) is 4.57 Å². The molecule has 0 amide bonds. The molecule has 0 saturated carbocycles. The predicted molar refractivity (Wildman–Crippen MR) is 94.3 cm³/mol. The molecule has 0 aliphatic carbocycles. The molecular weight excluding hydrogens is 313 g/mol. The third kappa shape index (κ3) is 18.3. The van der Waals surface area contributed by atoms with Gasteiger partial charge in [0.2, 0.25) is 0 Å². The van der Waals surface area contributed by atoms with Gasteiger partial charge in [0.15, 0.2) is 0 Å². The van der Waals surface area contributed by atoms with Crippen molar-refractivity contribution in [1.29, 1.82) is 0 Å². The largest absolute Gasteiger partial charge is 0.756 e. The van der Waals surface area contributed by atoms with Crippen LogP contribution in [0.25, 0.3) is 0 Å². The number of rotatable bonds is 16. The summed E-state index contributed by atoms with van der Waals surface area (Å²) in [5, 5.41) is 0. The van der Waals surface area contributed by atoms with Gasteiger partial charge in [-0.05, 0) is 6.42 Å². The first-order valence-electron chi connectivity index (χ1n) is 9.17.